The molecule has 0 spiro atoms. The fourth-order valence-corrected chi connectivity index (χ4v) is 1.82. The Morgan fingerprint density at radius 1 is 1.00 bits per heavy atom. The van der Waals surface area contributed by atoms with Gasteiger partial charge in [0, 0.05) is 0 Å². The monoisotopic (exact) mass is 301 g/mol. The predicted molar refractivity (Wildman–Crippen MR) is 82.5 cm³/mol. The van der Waals surface area contributed by atoms with Crippen LogP contribution in [0.2, 0.25) is 0 Å². The summed E-state index contributed by atoms with van der Waals surface area (Å²) in [7, 11) is 1.58. The van der Waals surface area contributed by atoms with E-state index in [9.17, 15) is 4.79 Å². The molecule has 0 unspecified atom stereocenters. The van der Waals surface area contributed by atoms with Crippen LogP contribution in [0.1, 0.15) is 12.0 Å². The number of hydrogen-bond donors (Lipinski definition) is 1. The Morgan fingerprint density at radius 3 is 2.41 bits per heavy atom. The highest BCUT2D eigenvalue weighted by Crippen LogP contribution is 2.25. The number of methoxy groups -OCH3 is 1. The molecular weight excluding hydrogens is 282 g/mol. The number of hydroxylamine groups is 1. The average molecular weight is 301 g/mol. The van der Waals surface area contributed by atoms with E-state index in [2.05, 4.69) is 5.48 Å². The minimum atomic E-state index is -0.231. The van der Waals surface area contributed by atoms with Gasteiger partial charge in [-0.25, -0.2) is 5.48 Å². The van der Waals surface area contributed by atoms with E-state index in [0.717, 1.165) is 5.56 Å². The van der Waals surface area contributed by atoms with Crippen LogP contribution in [0.15, 0.2) is 54.6 Å². The van der Waals surface area contributed by atoms with E-state index in [0.29, 0.717) is 18.1 Å². The standard InChI is InChI=1S/C17H19NO4/c1-20-15-9-5-6-10-16(15)21-12-11-17(19)18-22-13-14-7-3-2-4-8-14/h2-10H,11-13H2,1H3,(H,18,19). The summed E-state index contributed by atoms with van der Waals surface area (Å²) in [5.41, 5.74) is 3.39. The molecule has 0 aliphatic rings. The smallest absolute Gasteiger partial charge is 0.246 e. The predicted octanol–water partition coefficient (Wildman–Crippen LogP) is 2.71. The van der Waals surface area contributed by atoms with Gasteiger partial charge in [-0.15, -0.1) is 0 Å². The maximum absolute atomic E-state index is 11.6. The van der Waals surface area contributed by atoms with Crippen molar-refractivity contribution in [3.05, 3.63) is 60.2 Å². The summed E-state index contributed by atoms with van der Waals surface area (Å²) < 4.78 is 10.7. The van der Waals surface area contributed by atoms with Gasteiger partial charge in [-0.1, -0.05) is 42.5 Å². The number of amides is 1. The summed E-state index contributed by atoms with van der Waals surface area (Å²) in [4.78, 5) is 16.8. The van der Waals surface area contributed by atoms with Crippen LogP contribution in [0.5, 0.6) is 11.5 Å². The van der Waals surface area contributed by atoms with Crippen LogP contribution in [-0.4, -0.2) is 19.6 Å². The molecule has 1 N–H and O–H groups in total. The summed E-state index contributed by atoms with van der Waals surface area (Å²) >= 11 is 0. The van der Waals surface area contributed by atoms with Crippen LogP contribution in [0.25, 0.3) is 0 Å². The zero-order valence-corrected chi connectivity index (χ0v) is 12.5. The lowest BCUT2D eigenvalue weighted by molar-refractivity contribution is -0.135. The van der Waals surface area contributed by atoms with Crippen molar-refractivity contribution in [2.75, 3.05) is 13.7 Å². The minimum Gasteiger partial charge on any atom is -0.493 e. The third-order valence-corrected chi connectivity index (χ3v) is 2.92. The van der Waals surface area contributed by atoms with E-state index in [4.69, 9.17) is 14.3 Å². The van der Waals surface area contributed by atoms with Gasteiger partial charge in [0.25, 0.3) is 0 Å². The van der Waals surface area contributed by atoms with E-state index in [1.54, 1.807) is 19.2 Å². The largest absolute Gasteiger partial charge is 0.493 e. The van der Waals surface area contributed by atoms with E-state index >= 15 is 0 Å². The van der Waals surface area contributed by atoms with E-state index in [1.165, 1.54) is 0 Å². The minimum absolute atomic E-state index is 0.201. The van der Waals surface area contributed by atoms with E-state index in [-0.39, 0.29) is 18.9 Å². The summed E-state index contributed by atoms with van der Waals surface area (Å²) in [6, 6.07) is 16.9. The molecule has 0 bridgehead atoms. The van der Waals surface area contributed by atoms with Crippen molar-refractivity contribution in [2.24, 2.45) is 0 Å². The van der Waals surface area contributed by atoms with Crippen molar-refractivity contribution >= 4 is 5.91 Å². The van der Waals surface area contributed by atoms with Gasteiger partial charge in [0.1, 0.15) is 0 Å². The van der Waals surface area contributed by atoms with Gasteiger partial charge >= 0.3 is 0 Å². The lowest BCUT2D eigenvalue weighted by atomic mass is 10.2. The molecule has 0 fully saturated rings. The Kier molecular flexibility index (Phi) is 6.26. The van der Waals surface area contributed by atoms with E-state index in [1.807, 2.05) is 42.5 Å². The molecule has 22 heavy (non-hydrogen) atoms. The normalized spacial score (nSPS) is 10.0. The molecule has 0 atom stereocenters. The van der Waals surface area contributed by atoms with Gasteiger partial charge in [0.15, 0.2) is 11.5 Å². The number of carbonyl (C=O) groups excluding carboxylic acids is 1. The summed E-state index contributed by atoms with van der Waals surface area (Å²) in [5, 5.41) is 0. The Hall–Kier alpha value is -2.53. The number of nitrogens with one attached hydrogen (secondary N) is 1. The molecule has 0 aromatic heterocycles. The highest BCUT2D eigenvalue weighted by atomic mass is 16.6. The van der Waals surface area contributed by atoms with Crippen LogP contribution >= 0.6 is 0 Å². The molecule has 1 amide bonds. The first-order valence-corrected chi connectivity index (χ1v) is 7.00. The summed E-state index contributed by atoms with van der Waals surface area (Å²) in [6.07, 6.45) is 0.201. The van der Waals surface area contributed by atoms with Crippen molar-refractivity contribution < 1.29 is 19.1 Å². The van der Waals surface area contributed by atoms with Crippen molar-refractivity contribution in [3.8, 4) is 11.5 Å². The molecule has 2 rings (SSSR count). The molecule has 5 heteroatoms. The third-order valence-electron chi connectivity index (χ3n) is 2.92. The van der Waals surface area contributed by atoms with Gasteiger partial charge in [0.2, 0.25) is 5.91 Å². The first-order chi connectivity index (χ1) is 10.8. The molecular formula is C17H19NO4. The quantitative estimate of drug-likeness (QED) is 0.762. The van der Waals surface area contributed by atoms with Crippen LogP contribution in [-0.2, 0) is 16.2 Å². The third kappa shape index (κ3) is 5.10. The van der Waals surface area contributed by atoms with Crippen LogP contribution < -0.4 is 15.0 Å². The molecule has 0 saturated carbocycles. The van der Waals surface area contributed by atoms with Crippen LogP contribution in [0, 0.1) is 0 Å². The number of rotatable bonds is 8. The molecule has 0 aliphatic carbocycles. The number of para-hydroxylation sites is 2. The molecule has 0 radical (unpaired) electrons. The van der Waals surface area contributed by atoms with Gasteiger partial charge < -0.3 is 9.47 Å². The lowest BCUT2D eigenvalue weighted by Gasteiger charge is -2.10. The van der Waals surface area contributed by atoms with Gasteiger partial charge in [-0.2, -0.15) is 0 Å². The van der Waals surface area contributed by atoms with Gasteiger partial charge in [-0.05, 0) is 17.7 Å². The van der Waals surface area contributed by atoms with Gasteiger partial charge in [-0.3, -0.25) is 9.63 Å². The lowest BCUT2D eigenvalue weighted by Crippen LogP contribution is -2.25. The van der Waals surface area contributed by atoms with Crippen molar-refractivity contribution in [1.82, 2.24) is 5.48 Å². The molecule has 116 valence electrons. The fourth-order valence-electron chi connectivity index (χ4n) is 1.82. The number of carbonyl (C=O) groups is 1. The second kappa shape index (κ2) is 8.69. The molecule has 2 aromatic carbocycles. The topological polar surface area (TPSA) is 56.8 Å². The Bertz CT molecular complexity index is 586. The number of ether oxygens (including phenoxy) is 2. The highest BCUT2D eigenvalue weighted by molar-refractivity contribution is 5.74. The summed E-state index contributed by atoms with van der Waals surface area (Å²) in [5.74, 6) is 1.03. The second-order valence-electron chi connectivity index (χ2n) is 4.55. The molecule has 0 heterocycles. The molecule has 0 saturated heterocycles. The van der Waals surface area contributed by atoms with Crippen LogP contribution in [0.3, 0.4) is 0 Å². The number of benzene rings is 2. The Balaban J connectivity index is 1.65. The maximum atomic E-state index is 11.6. The first kappa shape index (κ1) is 15.9. The zero-order chi connectivity index (χ0) is 15.6. The summed E-state index contributed by atoms with van der Waals surface area (Å²) in [6.45, 7) is 0.584. The zero-order valence-electron chi connectivity index (χ0n) is 12.5. The SMILES string of the molecule is COc1ccccc1OCCC(=O)NOCc1ccccc1. The maximum Gasteiger partial charge on any atom is 0.246 e. The molecule has 0 aliphatic heterocycles. The second-order valence-corrected chi connectivity index (χ2v) is 4.55. The Labute approximate surface area is 129 Å². The Morgan fingerprint density at radius 2 is 1.68 bits per heavy atom. The van der Waals surface area contributed by atoms with E-state index < -0.39 is 0 Å². The van der Waals surface area contributed by atoms with Crippen molar-refractivity contribution in [1.29, 1.82) is 0 Å². The highest BCUT2D eigenvalue weighted by Gasteiger charge is 2.05. The molecule has 5 nitrogen and oxygen atoms in total. The van der Waals surface area contributed by atoms with Crippen LogP contribution in [0.4, 0.5) is 0 Å². The average Bonchev–Trinajstić information content (AvgIpc) is 2.56. The van der Waals surface area contributed by atoms with Crippen molar-refractivity contribution in [2.45, 2.75) is 13.0 Å². The fraction of sp³-hybridized carbons (Fsp3) is 0.235. The van der Waals surface area contributed by atoms with Gasteiger partial charge in [0.05, 0.1) is 26.7 Å². The number of hydrogen-bond acceptors (Lipinski definition) is 4. The molecule has 2 aromatic rings. The first-order valence-electron chi connectivity index (χ1n) is 7.00. The van der Waals surface area contributed by atoms with Crippen molar-refractivity contribution in [3.63, 3.8) is 0 Å².